The van der Waals surface area contributed by atoms with Gasteiger partial charge in [0.15, 0.2) is 0 Å². The molecule has 6 nitrogen and oxygen atoms in total. The number of rotatable bonds is 0. The maximum Gasteiger partial charge on any atom is 0.281 e. The van der Waals surface area contributed by atoms with Crippen LogP contribution in [0, 0.1) is 56.7 Å². The second kappa shape index (κ2) is 115. The molecule has 0 amide bonds. The maximum absolute atomic E-state index is 7.62. The van der Waals surface area contributed by atoms with Crippen molar-refractivity contribution in [1.29, 1.82) is 26.3 Å². The minimum atomic E-state index is 0. The van der Waals surface area contributed by atoms with Crippen LogP contribution in [0.3, 0.4) is 0 Å². The van der Waals surface area contributed by atoms with Crippen LogP contribution >= 0.6 is 0 Å². The first kappa shape index (κ1) is 42.8. The molecule has 0 aliphatic carbocycles. The molecule has 0 fully saturated rings. The van der Waals surface area contributed by atoms with Gasteiger partial charge in [-0.2, -0.15) is 26.3 Å². The molecule has 23 heavy (non-hydrogen) atoms. The van der Waals surface area contributed by atoms with Crippen molar-refractivity contribution in [3.8, 4) is 30.3 Å². The van der Waals surface area contributed by atoms with Crippen molar-refractivity contribution >= 4 is 6.79 Å². The first-order valence-electron chi connectivity index (χ1n) is 6.63. The largest absolute Gasteiger partial charge is 0.281 e. The van der Waals surface area contributed by atoms with E-state index in [1.54, 1.807) is 0 Å². The summed E-state index contributed by atoms with van der Waals surface area (Å²) >= 11 is 0. The van der Waals surface area contributed by atoms with Crippen LogP contribution in [-0.4, -0.2) is 6.79 Å². The third kappa shape index (κ3) is 797. The maximum atomic E-state index is 7.62. The van der Waals surface area contributed by atoms with Gasteiger partial charge in [0.1, 0.15) is 0 Å². The first-order chi connectivity index (χ1) is 10.6. The Hall–Kier alpha value is -2.19. The Morgan fingerprint density at radius 3 is 0.565 bits per heavy atom. The van der Waals surface area contributed by atoms with Crippen molar-refractivity contribution in [2.75, 3.05) is 0 Å². The van der Waals surface area contributed by atoms with E-state index in [9.17, 15) is 0 Å². The molecule has 126 valence electrons. The third-order valence-corrected chi connectivity index (χ3v) is 0.791. The van der Waals surface area contributed by atoms with Gasteiger partial charge in [0.05, 0.1) is 30.3 Å². The number of nitrogens with zero attached hydrogens (tertiary/aromatic N) is 5. The van der Waals surface area contributed by atoms with Crippen LogP contribution in [0.15, 0.2) is 0 Å². The van der Waals surface area contributed by atoms with E-state index >= 15 is 0 Å². The van der Waals surface area contributed by atoms with Crippen LogP contribution in [-0.2, 0) is 25.9 Å². The van der Waals surface area contributed by atoms with E-state index in [0.29, 0.717) is 32.1 Å². The zero-order valence-corrected chi connectivity index (χ0v) is 17.5. The van der Waals surface area contributed by atoms with Gasteiger partial charge in [-0.15, -0.1) is 0 Å². The van der Waals surface area contributed by atoms with E-state index in [1.807, 2.05) is 65.0 Å². The Labute approximate surface area is 156 Å². The predicted octanol–water partition coefficient (Wildman–Crippen LogP) is 4.20. The van der Waals surface area contributed by atoms with Crippen molar-refractivity contribution in [1.82, 2.24) is 0 Å². The molecule has 0 spiro atoms. The van der Waals surface area contributed by atoms with Gasteiger partial charge in [-0.05, 0) is 0 Å². The van der Waals surface area contributed by atoms with Crippen LogP contribution < -0.4 is 0 Å². The topological polar surface area (TPSA) is 136 Å². The quantitative estimate of drug-likeness (QED) is 0.502. The standard InChI is InChI=1S/5C3H5N.CO.W/c5*1-2-3-4;1-2;/h5*2H2,1H3;;. The average Bonchev–Trinajstić information content (AvgIpc) is 2.63. The SMILES string of the molecule is CCC#N.CCC#N.CCC#N.CCC#N.CCC#N.[C]=O.[W]. The molecule has 0 aliphatic heterocycles. The summed E-state index contributed by atoms with van der Waals surface area (Å²) in [6, 6.07) is 9.65. The molecule has 0 unspecified atom stereocenters. The number of hydrogen-bond donors (Lipinski definition) is 0. The Morgan fingerprint density at radius 1 is 0.522 bits per heavy atom. The van der Waals surface area contributed by atoms with Crippen molar-refractivity contribution in [3.05, 3.63) is 0 Å². The summed E-state index contributed by atoms with van der Waals surface area (Å²) in [7, 11) is 0. The monoisotopic (exact) mass is 487 g/mol. The van der Waals surface area contributed by atoms with E-state index in [4.69, 9.17) is 31.1 Å². The second-order valence-corrected chi connectivity index (χ2v) is 2.56. The summed E-state index contributed by atoms with van der Waals surface area (Å²) in [5.74, 6) is 0. The summed E-state index contributed by atoms with van der Waals surface area (Å²) in [6.45, 7) is 13.6. The molecule has 0 bridgehead atoms. The third-order valence-electron chi connectivity index (χ3n) is 0.791. The van der Waals surface area contributed by atoms with Crippen molar-refractivity contribution in [2.24, 2.45) is 0 Å². The van der Waals surface area contributed by atoms with Crippen LogP contribution in [0.1, 0.15) is 66.7 Å². The summed E-state index contributed by atoms with van der Waals surface area (Å²) < 4.78 is 0. The molecule has 0 aliphatic rings. The minimum absolute atomic E-state index is 0. The molecule has 0 rings (SSSR count). The van der Waals surface area contributed by atoms with Crippen LogP contribution in [0.2, 0.25) is 0 Å². The predicted molar refractivity (Wildman–Crippen MR) is 85.2 cm³/mol. The molecule has 7 heteroatoms. The van der Waals surface area contributed by atoms with Gasteiger partial charge in [0.25, 0.3) is 6.79 Å². The number of carbonyl (C=O) groups excluding carboxylic acids is 1. The molecule has 0 aromatic rings. The first-order valence-corrected chi connectivity index (χ1v) is 6.63. The van der Waals surface area contributed by atoms with Gasteiger partial charge in [-0.1, -0.05) is 34.6 Å². The van der Waals surface area contributed by atoms with Gasteiger partial charge in [-0.25, -0.2) is 0 Å². The molecule has 0 saturated carbocycles. The van der Waals surface area contributed by atoms with E-state index in [0.717, 1.165) is 0 Å². The van der Waals surface area contributed by atoms with Crippen molar-refractivity contribution < 1.29 is 25.9 Å². The Balaban J connectivity index is -0.0000000268. The van der Waals surface area contributed by atoms with Gasteiger partial charge in [0, 0.05) is 53.2 Å². The zero-order chi connectivity index (χ0) is 19.1. The Bertz CT molecular complexity index is 272. The fourth-order valence-electron chi connectivity index (χ4n) is 0. The Kier molecular flexibility index (Phi) is 214. The molecule has 0 atom stereocenters. The molecular formula is C16H25N5OW. The Morgan fingerprint density at radius 2 is 0.565 bits per heavy atom. The van der Waals surface area contributed by atoms with E-state index in [2.05, 4.69) is 6.79 Å². The molecule has 0 aromatic heterocycles. The molecule has 0 aromatic carbocycles. The summed E-state index contributed by atoms with van der Waals surface area (Å²) in [5, 5.41) is 38.1. The zero-order valence-electron chi connectivity index (χ0n) is 14.6. The van der Waals surface area contributed by atoms with Gasteiger partial charge < -0.3 is 0 Å². The summed E-state index contributed by atoms with van der Waals surface area (Å²) in [6.07, 6.45) is 3.12. The smallest absolute Gasteiger partial charge is 0.281 e. The molecule has 2 radical (unpaired) electrons. The van der Waals surface area contributed by atoms with Crippen molar-refractivity contribution in [3.63, 3.8) is 0 Å². The summed E-state index contributed by atoms with van der Waals surface area (Å²) in [4.78, 5) is 7.50. The molecule has 0 heterocycles. The number of hydrogen-bond acceptors (Lipinski definition) is 6. The van der Waals surface area contributed by atoms with Crippen LogP contribution in [0.25, 0.3) is 0 Å². The van der Waals surface area contributed by atoms with E-state index < -0.39 is 0 Å². The number of nitriles is 5. The molecular weight excluding hydrogens is 462 g/mol. The van der Waals surface area contributed by atoms with Gasteiger partial charge in [-0.3, -0.25) is 4.79 Å². The van der Waals surface area contributed by atoms with Crippen molar-refractivity contribution in [2.45, 2.75) is 66.7 Å². The van der Waals surface area contributed by atoms with Gasteiger partial charge in [0.2, 0.25) is 0 Å². The fourth-order valence-corrected chi connectivity index (χ4v) is 0. The normalized spacial score (nSPS) is 4.52. The second-order valence-electron chi connectivity index (χ2n) is 2.56. The minimum Gasteiger partial charge on any atom is -0.281 e. The van der Waals surface area contributed by atoms with E-state index in [-0.39, 0.29) is 21.1 Å². The van der Waals surface area contributed by atoms with E-state index in [1.165, 1.54) is 0 Å². The molecule has 0 N–H and O–H groups in total. The van der Waals surface area contributed by atoms with Gasteiger partial charge >= 0.3 is 0 Å². The molecule has 0 saturated heterocycles. The average molecular weight is 487 g/mol. The van der Waals surface area contributed by atoms with Crippen LogP contribution in [0.4, 0.5) is 0 Å². The fraction of sp³-hybridized carbons (Fsp3) is 0.625. The van der Waals surface area contributed by atoms with Crippen LogP contribution in [0.5, 0.6) is 0 Å². The summed E-state index contributed by atoms with van der Waals surface area (Å²) in [5.41, 5.74) is 0.